The molecule has 2 aromatic carbocycles. The van der Waals surface area contributed by atoms with E-state index >= 15 is 0 Å². The summed E-state index contributed by atoms with van der Waals surface area (Å²) >= 11 is 0. The zero-order valence-electron chi connectivity index (χ0n) is 9.50. The average Bonchev–Trinajstić information content (AvgIpc) is 2.44. The van der Waals surface area contributed by atoms with Crippen LogP contribution in [-0.4, -0.2) is 11.8 Å². The summed E-state index contributed by atoms with van der Waals surface area (Å²) in [5, 5.41) is 0. The highest BCUT2D eigenvalue weighted by atomic mass is 16.5. The number of carbonyl (C=O) groups excluding carboxylic acids is 2. The molecule has 0 aliphatic carbocycles. The van der Waals surface area contributed by atoms with Gasteiger partial charge in [-0.25, -0.2) is 4.79 Å². The lowest BCUT2D eigenvalue weighted by Crippen LogP contribution is -2.27. The highest BCUT2D eigenvalue weighted by molar-refractivity contribution is 6.12. The number of cyclic esters (lactones) is 1. The van der Waals surface area contributed by atoms with Crippen molar-refractivity contribution in [2.75, 3.05) is 0 Å². The van der Waals surface area contributed by atoms with Crippen LogP contribution >= 0.6 is 0 Å². The monoisotopic (exact) mass is 238 g/mol. The fraction of sp³-hybridized carbons (Fsp3) is 0.0667. The zero-order chi connectivity index (χ0) is 12.5. The number of hydrogen-bond acceptors (Lipinski definition) is 3. The van der Waals surface area contributed by atoms with E-state index in [1.54, 1.807) is 36.4 Å². The maximum Gasteiger partial charge on any atom is 0.339 e. The Labute approximate surface area is 104 Å². The topological polar surface area (TPSA) is 43.4 Å². The summed E-state index contributed by atoms with van der Waals surface area (Å²) in [6.07, 6.45) is -0.825. The number of Topliss-reactive ketones (excluding diaryl/α,β-unsaturated/α-hetero) is 1. The second-order valence-corrected chi connectivity index (χ2v) is 4.11. The summed E-state index contributed by atoms with van der Waals surface area (Å²) in [6, 6.07) is 15.8. The van der Waals surface area contributed by atoms with Gasteiger partial charge in [-0.1, -0.05) is 48.5 Å². The molecule has 2 aromatic rings. The van der Waals surface area contributed by atoms with E-state index in [2.05, 4.69) is 0 Å². The summed E-state index contributed by atoms with van der Waals surface area (Å²) in [5.74, 6) is -0.615. The number of fused-ring (bicyclic) bond motifs is 1. The minimum atomic E-state index is -0.825. The molecule has 88 valence electrons. The Hall–Kier alpha value is -2.42. The molecular weight excluding hydrogens is 228 g/mol. The van der Waals surface area contributed by atoms with Crippen molar-refractivity contribution in [1.29, 1.82) is 0 Å². The minimum absolute atomic E-state index is 0.170. The summed E-state index contributed by atoms with van der Waals surface area (Å²) in [5.41, 5.74) is 1.47. The second kappa shape index (κ2) is 4.11. The minimum Gasteiger partial charge on any atom is -0.445 e. The van der Waals surface area contributed by atoms with Crippen molar-refractivity contribution < 1.29 is 14.3 Å². The van der Waals surface area contributed by atoms with Crippen molar-refractivity contribution in [2.24, 2.45) is 0 Å². The number of hydrogen-bond donors (Lipinski definition) is 0. The first-order chi connectivity index (χ1) is 8.77. The van der Waals surface area contributed by atoms with Gasteiger partial charge in [0.2, 0.25) is 5.78 Å². The Morgan fingerprint density at radius 2 is 1.39 bits per heavy atom. The molecule has 0 amide bonds. The molecule has 0 aromatic heterocycles. The van der Waals surface area contributed by atoms with Crippen molar-refractivity contribution in [3.8, 4) is 0 Å². The maximum atomic E-state index is 12.3. The van der Waals surface area contributed by atoms with Crippen LogP contribution in [0.1, 0.15) is 32.4 Å². The molecule has 1 heterocycles. The standard InChI is InChI=1S/C15H10O3/c16-13-11-8-4-5-9-12(11)15(17)18-14(13)10-6-2-1-3-7-10/h1-9,14H. The van der Waals surface area contributed by atoms with E-state index in [1.807, 2.05) is 18.2 Å². The lowest BCUT2D eigenvalue weighted by atomic mass is 9.93. The van der Waals surface area contributed by atoms with E-state index in [9.17, 15) is 9.59 Å². The lowest BCUT2D eigenvalue weighted by Gasteiger charge is -2.23. The van der Waals surface area contributed by atoms with Gasteiger partial charge >= 0.3 is 5.97 Å². The molecule has 0 fully saturated rings. The van der Waals surface area contributed by atoms with Crippen molar-refractivity contribution in [1.82, 2.24) is 0 Å². The van der Waals surface area contributed by atoms with Crippen molar-refractivity contribution in [2.45, 2.75) is 6.10 Å². The van der Waals surface area contributed by atoms with E-state index < -0.39 is 12.1 Å². The van der Waals surface area contributed by atoms with Gasteiger partial charge in [0, 0.05) is 11.1 Å². The molecule has 18 heavy (non-hydrogen) atoms. The fourth-order valence-electron chi connectivity index (χ4n) is 2.09. The zero-order valence-corrected chi connectivity index (χ0v) is 9.50. The van der Waals surface area contributed by atoms with E-state index in [-0.39, 0.29) is 5.78 Å². The highest BCUT2D eigenvalue weighted by Crippen LogP contribution is 2.30. The largest absolute Gasteiger partial charge is 0.445 e. The lowest BCUT2D eigenvalue weighted by molar-refractivity contribution is 0.0242. The van der Waals surface area contributed by atoms with E-state index in [4.69, 9.17) is 4.74 Å². The molecule has 0 N–H and O–H groups in total. The molecule has 1 unspecified atom stereocenters. The average molecular weight is 238 g/mol. The van der Waals surface area contributed by atoms with Crippen LogP contribution in [0, 0.1) is 0 Å². The molecular formula is C15H10O3. The first-order valence-corrected chi connectivity index (χ1v) is 5.66. The van der Waals surface area contributed by atoms with Gasteiger partial charge in [0.15, 0.2) is 6.10 Å². The van der Waals surface area contributed by atoms with Gasteiger partial charge in [-0.2, -0.15) is 0 Å². The molecule has 1 aliphatic heterocycles. The van der Waals surface area contributed by atoms with Gasteiger partial charge < -0.3 is 4.74 Å². The summed E-state index contributed by atoms with van der Waals surface area (Å²) in [4.78, 5) is 24.1. The summed E-state index contributed by atoms with van der Waals surface area (Å²) in [7, 11) is 0. The van der Waals surface area contributed by atoms with Crippen LogP contribution in [0.15, 0.2) is 54.6 Å². The Kier molecular flexibility index (Phi) is 2.45. The van der Waals surface area contributed by atoms with Crippen LogP contribution in [0.25, 0.3) is 0 Å². The van der Waals surface area contributed by atoms with E-state index in [1.165, 1.54) is 0 Å². The van der Waals surface area contributed by atoms with Crippen LogP contribution in [0.3, 0.4) is 0 Å². The van der Waals surface area contributed by atoms with Gasteiger partial charge in [-0.3, -0.25) is 4.79 Å². The molecule has 0 radical (unpaired) electrons. The normalized spacial score (nSPS) is 18.1. The van der Waals surface area contributed by atoms with Crippen LogP contribution in [0.5, 0.6) is 0 Å². The molecule has 3 rings (SSSR count). The van der Waals surface area contributed by atoms with E-state index in [0.29, 0.717) is 16.7 Å². The maximum absolute atomic E-state index is 12.3. The predicted molar refractivity (Wildman–Crippen MR) is 65.4 cm³/mol. The number of rotatable bonds is 1. The molecule has 0 bridgehead atoms. The number of carbonyl (C=O) groups is 2. The smallest absolute Gasteiger partial charge is 0.339 e. The van der Waals surface area contributed by atoms with Gasteiger partial charge in [-0.15, -0.1) is 0 Å². The first-order valence-electron chi connectivity index (χ1n) is 5.66. The summed E-state index contributed by atoms with van der Waals surface area (Å²) in [6.45, 7) is 0. The molecule has 0 saturated heterocycles. The number of ether oxygens (including phenoxy) is 1. The number of ketones is 1. The number of benzene rings is 2. The quantitative estimate of drug-likeness (QED) is 0.717. The van der Waals surface area contributed by atoms with Crippen molar-refractivity contribution >= 4 is 11.8 Å². The van der Waals surface area contributed by atoms with Crippen molar-refractivity contribution in [3.63, 3.8) is 0 Å². The van der Waals surface area contributed by atoms with Crippen molar-refractivity contribution in [3.05, 3.63) is 71.3 Å². The third kappa shape index (κ3) is 1.61. The highest BCUT2D eigenvalue weighted by Gasteiger charge is 2.34. The molecule has 1 aliphatic rings. The van der Waals surface area contributed by atoms with Crippen LogP contribution < -0.4 is 0 Å². The van der Waals surface area contributed by atoms with Gasteiger partial charge in [-0.05, 0) is 6.07 Å². The third-order valence-electron chi connectivity index (χ3n) is 2.98. The Bertz CT molecular complexity index is 617. The van der Waals surface area contributed by atoms with Crippen LogP contribution in [0.2, 0.25) is 0 Å². The summed E-state index contributed by atoms with van der Waals surface area (Å²) < 4.78 is 5.22. The predicted octanol–water partition coefficient (Wildman–Crippen LogP) is 2.78. The Morgan fingerprint density at radius 1 is 0.778 bits per heavy atom. The second-order valence-electron chi connectivity index (χ2n) is 4.11. The number of esters is 1. The van der Waals surface area contributed by atoms with Gasteiger partial charge in [0.05, 0.1) is 5.56 Å². The fourth-order valence-corrected chi connectivity index (χ4v) is 2.09. The van der Waals surface area contributed by atoms with Crippen LogP contribution in [-0.2, 0) is 4.74 Å². The molecule has 3 nitrogen and oxygen atoms in total. The van der Waals surface area contributed by atoms with Gasteiger partial charge in [0.25, 0.3) is 0 Å². The Morgan fingerprint density at radius 3 is 2.11 bits per heavy atom. The molecule has 3 heteroatoms. The van der Waals surface area contributed by atoms with E-state index in [0.717, 1.165) is 0 Å². The molecule has 0 saturated carbocycles. The van der Waals surface area contributed by atoms with Crippen LogP contribution in [0.4, 0.5) is 0 Å². The third-order valence-corrected chi connectivity index (χ3v) is 2.98. The Balaban J connectivity index is 2.08. The molecule has 1 atom stereocenters. The van der Waals surface area contributed by atoms with Gasteiger partial charge in [0.1, 0.15) is 0 Å². The molecule has 0 spiro atoms. The SMILES string of the molecule is O=C1OC(c2ccccc2)C(=O)c2ccccc21. The first kappa shape index (κ1) is 10.7.